The Morgan fingerprint density at radius 3 is 2.45 bits per heavy atom. The van der Waals surface area contributed by atoms with Crippen molar-refractivity contribution in [1.82, 2.24) is 5.32 Å². The Bertz CT molecular complexity index is 745. The van der Waals surface area contributed by atoms with E-state index in [0.29, 0.717) is 35.9 Å². The molecule has 4 aliphatic rings. The minimum absolute atomic E-state index is 0.00549. The van der Waals surface area contributed by atoms with Gasteiger partial charge in [-0.15, -0.1) is 0 Å². The van der Waals surface area contributed by atoms with Crippen molar-refractivity contribution < 1.29 is 19.4 Å². The number of fused-ring (bicyclic) bond motifs is 5. The Kier molecular flexibility index (Phi) is 11.0. The van der Waals surface area contributed by atoms with Crippen molar-refractivity contribution in [1.29, 1.82) is 0 Å². The number of nitrogens with one attached hydrogen (secondary N) is 1. The zero-order valence-electron chi connectivity index (χ0n) is 25.1. The Labute approximate surface area is 233 Å². The summed E-state index contributed by atoms with van der Waals surface area (Å²) in [6, 6.07) is 0. The zero-order valence-corrected chi connectivity index (χ0v) is 25.1. The van der Waals surface area contributed by atoms with Gasteiger partial charge in [0.25, 0.3) is 0 Å². The molecule has 0 spiro atoms. The second-order valence-electron chi connectivity index (χ2n) is 14.1. The van der Waals surface area contributed by atoms with Crippen molar-refractivity contribution in [3.05, 3.63) is 0 Å². The van der Waals surface area contributed by atoms with Gasteiger partial charge in [0.15, 0.2) is 0 Å². The predicted molar refractivity (Wildman–Crippen MR) is 154 cm³/mol. The lowest BCUT2D eigenvalue weighted by molar-refractivity contribution is -0.144. The van der Waals surface area contributed by atoms with Crippen LogP contribution < -0.4 is 5.32 Å². The Balaban J connectivity index is 1.20. The van der Waals surface area contributed by atoms with Gasteiger partial charge >= 0.3 is 5.97 Å². The van der Waals surface area contributed by atoms with E-state index in [0.717, 1.165) is 74.8 Å². The third kappa shape index (κ3) is 6.62. The van der Waals surface area contributed by atoms with Crippen molar-refractivity contribution >= 4 is 5.97 Å². The fourth-order valence-electron chi connectivity index (χ4n) is 10.1. The number of methoxy groups -OCH3 is 1. The maximum absolute atomic E-state index is 12.5. The molecule has 0 heterocycles. The number of carbonyl (C=O) groups is 1. The number of unbranched alkanes of at least 4 members (excludes halogenated alkanes) is 2. The number of hydrogen-bond acceptors (Lipinski definition) is 5. The first-order valence-corrected chi connectivity index (χ1v) is 16.3. The molecule has 5 heteroatoms. The predicted octanol–water partition coefficient (Wildman–Crippen LogP) is 6.76. The lowest BCUT2D eigenvalue weighted by Gasteiger charge is -2.61. The zero-order chi connectivity index (χ0) is 27.2. The van der Waals surface area contributed by atoms with E-state index in [-0.39, 0.29) is 12.6 Å². The molecule has 220 valence electrons. The van der Waals surface area contributed by atoms with E-state index in [9.17, 15) is 4.79 Å². The van der Waals surface area contributed by atoms with Crippen molar-refractivity contribution in [2.24, 2.45) is 46.3 Å². The molecule has 4 aliphatic carbocycles. The van der Waals surface area contributed by atoms with Crippen LogP contribution in [-0.2, 0) is 14.3 Å². The fraction of sp³-hybridized carbons (Fsp3) is 0.970. The van der Waals surface area contributed by atoms with Crippen LogP contribution in [0.5, 0.6) is 0 Å². The quantitative estimate of drug-likeness (QED) is 0.191. The van der Waals surface area contributed by atoms with Crippen molar-refractivity contribution in [3.63, 3.8) is 0 Å². The summed E-state index contributed by atoms with van der Waals surface area (Å²) in [5, 5.41) is 12.2. The van der Waals surface area contributed by atoms with Crippen molar-refractivity contribution in [2.45, 2.75) is 123 Å². The van der Waals surface area contributed by atoms with E-state index < -0.39 is 0 Å². The topological polar surface area (TPSA) is 67.8 Å². The first-order chi connectivity index (χ1) is 18.3. The maximum Gasteiger partial charge on any atom is 0.305 e. The average molecular weight is 534 g/mol. The normalized spacial score (nSPS) is 39.2. The maximum atomic E-state index is 12.5. The van der Waals surface area contributed by atoms with E-state index in [1.807, 2.05) is 7.11 Å². The molecule has 0 saturated heterocycles. The summed E-state index contributed by atoms with van der Waals surface area (Å²) in [6.45, 7) is 10.4. The number of aliphatic hydroxyl groups excluding tert-OH is 1. The molecule has 5 nitrogen and oxygen atoms in total. The molecule has 4 saturated carbocycles. The van der Waals surface area contributed by atoms with Gasteiger partial charge in [-0.25, -0.2) is 0 Å². The summed E-state index contributed by atoms with van der Waals surface area (Å²) >= 11 is 0. The minimum atomic E-state index is -0.00549. The van der Waals surface area contributed by atoms with Gasteiger partial charge in [-0.2, -0.15) is 0 Å². The highest BCUT2D eigenvalue weighted by atomic mass is 16.5. The van der Waals surface area contributed by atoms with Crippen LogP contribution in [0.15, 0.2) is 0 Å². The van der Waals surface area contributed by atoms with Gasteiger partial charge in [0.05, 0.1) is 12.7 Å². The first kappa shape index (κ1) is 30.3. The second kappa shape index (κ2) is 13.8. The van der Waals surface area contributed by atoms with E-state index in [1.54, 1.807) is 0 Å². The molecule has 4 rings (SSSR count). The van der Waals surface area contributed by atoms with Crippen LogP contribution in [-0.4, -0.2) is 50.6 Å². The van der Waals surface area contributed by atoms with Crippen LogP contribution >= 0.6 is 0 Å². The molecular weight excluding hydrogens is 474 g/mol. The van der Waals surface area contributed by atoms with Gasteiger partial charge in [-0.05, 0) is 149 Å². The second-order valence-corrected chi connectivity index (χ2v) is 14.1. The summed E-state index contributed by atoms with van der Waals surface area (Å²) in [4.78, 5) is 12.5. The van der Waals surface area contributed by atoms with Gasteiger partial charge in [-0.3, -0.25) is 4.79 Å². The molecule has 4 fully saturated rings. The largest absolute Gasteiger partial charge is 0.466 e. The van der Waals surface area contributed by atoms with Gasteiger partial charge in [0.1, 0.15) is 0 Å². The molecule has 9 atom stereocenters. The third-order valence-corrected chi connectivity index (χ3v) is 12.3. The first-order valence-electron chi connectivity index (χ1n) is 16.3. The summed E-state index contributed by atoms with van der Waals surface area (Å²) in [5.41, 5.74) is 0.990. The van der Waals surface area contributed by atoms with Crippen molar-refractivity contribution in [2.75, 3.05) is 33.4 Å². The monoisotopic (exact) mass is 533 g/mol. The molecule has 0 bridgehead atoms. The molecule has 0 aromatic rings. The van der Waals surface area contributed by atoms with Crippen LogP contribution in [0.2, 0.25) is 0 Å². The van der Waals surface area contributed by atoms with Gasteiger partial charge in [0, 0.05) is 20.1 Å². The lowest BCUT2D eigenvalue weighted by Crippen LogP contribution is -2.54. The van der Waals surface area contributed by atoms with Crippen molar-refractivity contribution in [3.8, 4) is 0 Å². The molecule has 0 aromatic heterocycles. The smallest absolute Gasteiger partial charge is 0.305 e. The third-order valence-electron chi connectivity index (χ3n) is 12.3. The number of carbonyl (C=O) groups excluding carboxylic acids is 1. The van der Waals surface area contributed by atoms with E-state index in [4.69, 9.17) is 14.6 Å². The summed E-state index contributed by atoms with van der Waals surface area (Å²) in [7, 11) is 1.91. The standard InChI is InChI=1S/C33H59NO4/c1-24(9-14-31(36)38-22-8-6-20-34-19-5-7-21-35)28-12-13-29-27-11-10-25-23-26(37-4)15-17-32(25,2)30(27)16-18-33(28,29)3/h24-30,34-35H,5-23H2,1-4H3/t24-,25?,26-,27?,28?,29?,30?,32+,33-/m1/s1. The number of rotatable bonds is 14. The molecule has 2 N–H and O–H groups in total. The average Bonchev–Trinajstić information content (AvgIpc) is 3.27. The molecule has 0 aromatic carbocycles. The van der Waals surface area contributed by atoms with Gasteiger partial charge in [-0.1, -0.05) is 20.8 Å². The Hall–Kier alpha value is -0.650. The highest BCUT2D eigenvalue weighted by Crippen LogP contribution is 2.68. The van der Waals surface area contributed by atoms with Crippen LogP contribution in [0.25, 0.3) is 0 Å². The number of aliphatic hydroxyl groups is 1. The summed E-state index contributed by atoms with van der Waals surface area (Å²) in [6.07, 6.45) is 18.2. The van der Waals surface area contributed by atoms with Crippen LogP contribution in [0.1, 0.15) is 117 Å². The molecule has 0 aliphatic heterocycles. The molecular formula is C33H59NO4. The fourth-order valence-corrected chi connectivity index (χ4v) is 10.1. The summed E-state index contributed by atoms with van der Waals surface area (Å²) < 4.78 is 11.4. The van der Waals surface area contributed by atoms with E-state index in [2.05, 4.69) is 26.1 Å². The Morgan fingerprint density at radius 2 is 1.68 bits per heavy atom. The van der Waals surface area contributed by atoms with Crippen LogP contribution in [0.4, 0.5) is 0 Å². The number of ether oxygens (including phenoxy) is 2. The summed E-state index contributed by atoms with van der Waals surface area (Å²) in [5.74, 6) is 4.93. The highest BCUT2D eigenvalue weighted by molar-refractivity contribution is 5.69. The Morgan fingerprint density at radius 1 is 0.947 bits per heavy atom. The van der Waals surface area contributed by atoms with Crippen LogP contribution in [0, 0.1) is 46.3 Å². The van der Waals surface area contributed by atoms with Crippen LogP contribution in [0.3, 0.4) is 0 Å². The lowest BCUT2D eigenvalue weighted by atomic mass is 9.44. The van der Waals surface area contributed by atoms with E-state index in [1.165, 1.54) is 57.8 Å². The molecule has 5 unspecified atom stereocenters. The van der Waals surface area contributed by atoms with Gasteiger partial charge in [0.2, 0.25) is 0 Å². The van der Waals surface area contributed by atoms with E-state index >= 15 is 0 Å². The minimum Gasteiger partial charge on any atom is -0.466 e. The molecule has 0 amide bonds. The van der Waals surface area contributed by atoms with Gasteiger partial charge < -0.3 is 19.9 Å². The number of esters is 1. The highest BCUT2D eigenvalue weighted by Gasteiger charge is 2.60. The molecule has 0 radical (unpaired) electrons. The SMILES string of the molecule is CO[C@@H]1CC[C@@]2(C)C(CCC3C2CC[C@@]2(C)C3CCC2[C@H](C)CCC(=O)OCCCCNCCCCO)C1. The molecule has 38 heavy (non-hydrogen) atoms. The number of hydrogen-bond donors (Lipinski definition) is 2.